The summed E-state index contributed by atoms with van der Waals surface area (Å²) in [5.74, 6) is 5.61. The molecule has 7 aromatic carbocycles. The number of thiophene rings is 4. The lowest BCUT2D eigenvalue weighted by Gasteiger charge is -2.07. The Balaban J connectivity index is 1.01. The summed E-state index contributed by atoms with van der Waals surface area (Å²) < 4.78 is 5.80. The van der Waals surface area contributed by atoms with Gasteiger partial charge in [0.25, 0.3) is 0 Å². The topological polar surface area (TPSA) is 116 Å². The molecule has 0 fully saturated rings. The minimum Gasteiger partial charge on any atom is -0.208 e. The molecule has 14 aromatic rings. The molecule has 0 saturated carbocycles. The van der Waals surface area contributed by atoms with Gasteiger partial charge in [0.05, 0.1) is 28.7 Å². The van der Waals surface area contributed by atoms with Gasteiger partial charge in [0, 0.05) is 58.9 Å². The predicted octanol–water partition coefficient (Wildman–Crippen LogP) is 16.1. The first-order chi connectivity index (χ1) is 35.6. The summed E-state index contributed by atoms with van der Waals surface area (Å²) in [4.78, 5) is 48.8. The smallest absolute Gasteiger partial charge is 0.174 e. The zero-order chi connectivity index (χ0) is 47.5. The van der Waals surface area contributed by atoms with E-state index in [4.69, 9.17) is 44.9 Å². The van der Waals surface area contributed by atoms with E-state index in [0.29, 0.717) is 52.4 Å². The van der Waals surface area contributed by atoms with Gasteiger partial charge in [-0.1, -0.05) is 182 Å². The molecule has 0 aliphatic heterocycles. The summed E-state index contributed by atoms with van der Waals surface area (Å²) >= 11 is 6.92. The molecule has 0 saturated heterocycles. The zero-order valence-corrected chi connectivity index (χ0v) is 41.0. The Labute approximate surface area is 427 Å². The summed E-state index contributed by atoms with van der Waals surface area (Å²) in [7, 11) is 0. The van der Waals surface area contributed by atoms with Crippen LogP contribution in [0.2, 0.25) is 0 Å². The lowest BCUT2D eigenvalue weighted by atomic mass is 10.1. The fourth-order valence-corrected chi connectivity index (χ4v) is 13.9. The van der Waals surface area contributed by atoms with Gasteiger partial charge >= 0.3 is 0 Å². The standard InChI is InChI=1S/C59H33N9S4/c1-7-19-34(20-8-1)51-60-52(35-21-9-2-10-22-35)64-57(63-51)43-31-40-46-47(69-42-33-45(72-50(42)46)59-67-55(38-27-15-5-16-28-38)62-56(68-59)39-29-17-6-18-30-39)41-32-44(71-49(41)48(40)70-43)58-65-53(36-23-11-3-12-24-36)61-54(66-58)37-25-13-4-14-26-37/h1-33H. The SMILES string of the molecule is c1ccc(-c2nc(-c3ccccc3)nc(-c3cc4c(s3)c3sc(-c5nc(-c6ccccc6)nc(-c6ccccc6)n5)cc3c3c5sc(-c6nc(-c7ccccc7)nc(-c7ccccc7)n6)cc5sc43)n2)cc1. The first-order valence-corrected chi connectivity index (χ1v) is 26.4. The number of aromatic nitrogens is 9. The maximum absolute atomic E-state index is 5.19. The van der Waals surface area contributed by atoms with Crippen molar-refractivity contribution in [3.05, 3.63) is 200 Å². The minimum absolute atomic E-state index is 0.616. The lowest BCUT2D eigenvalue weighted by Crippen LogP contribution is -1.99. The number of fused-ring (bicyclic) bond motifs is 8. The van der Waals surface area contributed by atoms with Crippen LogP contribution < -0.4 is 0 Å². The minimum atomic E-state index is 0.616. The Hall–Kier alpha value is -8.59. The van der Waals surface area contributed by atoms with Crippen molar-refractivity contribution in [1.29, 1.82) is 0 Å². The average molecular weight is 996 g/mol. The fourth-order valence-electron chi connectivity index (χ4n) is 8.88. The van der Waals surface area contributed by atoms with Gasteiger partial charge in [0.15, 0.2) is 52.4 Å². The van der Waals surface area contributed by atoms with E-state index in [9.17, 15) is 0 Å². The summed E-state index contributed by atoms with van der Waals surface area (Å²) in [6.07, 6.45) is 0. The normalized spacial score (nSPS) is 11.6. The van der Waals surface area contributed by atoms with Crippen LogP contribution in [0.15, 0.2) is 200 Å². The van der Waals surface area contributed by atoms with Crippen molar-refractivity contribution in [2.24, 2.45) is 0 Å². The van der Waals surface area contributed by atoms with Crippen molar-refractivity contribution >= 4 is 85.0 Å². The largest absolute Gasteiger partial charge is 0.208 e. The van der Waals surface area contributed by atoms with Crippen LogP contribution in [0.1, 0.15) is 0 Å². The van der Waals surface area contributed by atoms with Gasteiger partial charge in [-0.25, -0.2) is 44.9 Å². The predicted molar refractivity (Wildman–Crippen MR) is 297 cm³/mol. The van der Waals surface area contributed by atoms with E-state index in [2.05, 4.69) is 18.2 Å². The second-order valence-electron chi connectivity index (χ2n) is 16.9. The van der Waals surface area contributed by atoms with Gasteiger partial charge in [0.1, 0.15) is 0 Å². The number of hydrogen-bond donors (Lipinski definition) is 0. The van der Waals surface area contributed by atoms with Crippen molar-refractivity contribution in [3.8, 4) is 100 Å². The Kier molecular flexibility index (Phi) is 10.4. The number of benzene rings is 7. The van der Waals surface area contributed by atoms with Gasteiger partial charge in [-0.3, -0.25) is 0 Å². The van der Waals surface area contributed by atoms with Crippen LogP contribution in [0.3, 0.4) is 0 Å². The monoisotopic (exact) mass is 995 g/mol. The molecular formula is C59H33N9S4. The van der Waals surface area contributed by atoms with E-state index in [1.54, 1.807) is 45.3 Å². The Bertz CT molecular complexity index is 4140. The molecule has 0 amide bonds. The van der Waals surface area contributed by atoms with Gasteiger partial charge in [-0.15, -0.1) is 45.3 Å². The van der Waals surface area contributed by atoms with Crippen molar-refractivity contribution < 1.29 is 0 Å². The molecule has 7 heterocycles. The van der Waals surface area contributed by atoms with E-state index >= 15 is 0 Å². The van der Waals surface area contributed by atoms with Crippen molar-refractivity contribution in [2.45, 2.75) is 0 Å². The molecule has 0 N–H and O–H groups in total. The van der Waals surface area contributed by atoms with E-state index in [1.165, 1.54) is 14.8 Å². The molecule has 0 unspecified atom stereocenters. The molecule has 0 aliphatic rings. The summed E-state index contributed by atoms with van der Waals surface area (Å²) in [6.45, 7) is 0. The second kappa shape index (κ2) is 17.7. The first-order valence-electron chi connectivity index (χ1n) is 23.1. The first kappa shape index (κ1) is 42.3. The number of nitrogens with zero attached hydrogens (tertiary/aromatic N) is 9. The molecule has 0 aliphatic carbocycles. The highest BCUT2D eigenvalue weighted by Crippen LogP contribution is 2.53. The molecule has 0 atom stereocenters. The van der Waals surface area contributed by atoms with Gasteiger partial charge < -0.3 is 0 Å². The molecule has 0 bridgehead atoms. The highest BCUT2D eigenvalue weighted by Gasteiger charge is 2.25. The van der Waals surface area contributed by atoms with Crippen molar-refractivity contribution in [1.82, 2.24) is 44.9 Å². The van der Waals surface area contributed by atoms with Crippen LogP contribution >= 0.6 is 45.3 Å². The van der Waals surface area contributed by atoms with E-state index in [-0.39, 0.29) is 0 Å². The molecule has 9 nitrogen and oxygen atoms in total. The highest BCUT2D eigenvalue weighted by molar-refractivity contribution is 7.36. The van der Waals surface area contributed by atoms with Crippen LogP contribution in [0, 0.1) is 0 Å². The molecule has 7 aromatic heterocycles. The van der Waals surface area contributed by atoms with Gasteiger partial charge in [-0.05, 0) is 18.2 Å². The fraction of sp³-hybridized carbons (Fsp3) is 0. The van der Waals surface area contributed by atoms with Crippen LogP contribution in [0.5, 0.6) is 0 Å². The van der Waals surface area contributed by atoms with Gasteiger partial charge in [0.2, 0.25) is 0 Å². The molecule has 0 spiro atoms. The third-order valence-corrected chi connectivity index (χ3v) is 17.2. The third-order valence-electron chi connectivity index (χ3n) is 12.3. The summed E-state index contributed by atoms with van der Waals surface area (Å²) in [5.41, 5.74) is 5.55. The van der Waals surface area contributed by atoms with E-state index in [1.807, 2.05) is 182 Å². The maximum Gasteiger partial charge on any atom is 0.174 e. The lowest BCUT2D eigenvalue weighted by molar-refractivity contribution is 1.08. The molecule has 338 valence electrons. The molecular weight excluding hydrogens is 963 g/mol. The molecule has 72 heavy (non-hydrogen) atoms. The Morgan fingerprint density at radius 2 is 0.486 bits per heavy atom. The van der Waals surface area contributed by atoms with E-state index in [0.717, 1.165) is 72.9 Å². The van der Waals surface area contributed by atoms with Crippen molar-refractivity contribution in [2.75, 3.05) is 0 Å². The average Bonchev–Trinajstić information content (AvgIpc) is 4.28. The van der Waals surface area contributed by atoms with Crippen LogP contribution in [-0.2, 0) is 0 Å². The summed E-state index contributed by atoms with van der Waals surface area (Å²) in [5, 5.41) is 3.45. The zero-order valence-electron chi connectivity index (χ0n) is 37.7. The Morgan fingerprint density at radius 3 is 0.819 bits per heavy atom. The molecule has 13 heteroatoms. The van der Waals surface area contributed by atoms with Crippen LogP contribution in [-0.4, -0.2) is 44.9 Å². The Morgan fingerprint density at radius 1 is 0.222 bits per heavy atom. The van der Waals surface area contributed by atoms with Gasteiger partial charge in [-0.2, -0.15) is 0 Å². The quantitative estimate of drug-likeness (QED) is 0.139. The third kappa shape index (κ3) is 7.63. The second-order valence-corrected chi connectivity index (χ2v) is 21.1. The number of hydrogen-bond acceptors (Lipinski definition) is 13. The van der Waals surface area contributed by atoms with Crippen LogP contribution in [0.4, 0.5) is 0 Å². The number of rotatable bonds is 9. The van der Waals surface area contributed by atoms with Crippen LogP contribution in [0.25, 0.3) is 140 Å². The molecule has 0 radical (unpaired) electrons. The van der Waals surface area contributed by atoms with E-state index < -0.39 is 0 Å². The highest BCUT2D eigenvalue weighted by atomic mass is 32.1. The molecule has 14 rings (SSSR count). The van der Waals surface area contributed by atoms with Crippen molar-refractivity contribution in [3.63, 3.8) is 0 Å². The summed E-state index contributed by atoms with van der Waals surface area (Å²) in [6, 6.07) is 67.5. The maximum atomic E-state index is 5.19.